The van der Waals surface area contributed by atoms with Crippen LogP contribution in [0.3, 0.4) is 0 Å². The van der Waals surface area contributed by atoms with Crippen molar-refractivity contribution in [2.75, 3.05) is 5.32 Å². The molecule has 0 spiro atoms. The zero-order valence-electron chi connectivity index (χ0n) is 15.0. The molecule has 0 saturated heterocycles. The van der Waals surface area contributed by atoms with Gasteiger partial charge in [0.05, 0.1) is 5.69 Å². The molecule has 0 bridgehead atoms. The Hall–Kier alpha value is -3.06. The number of halogens is 1. The molecule has 3 N–H and O–H groups in total. The number of anilines is 1. The zero-order chi connectivity index (χ0) is 19.4. The van der Waals surface area contributed by atoms with Crippen LogP contribution in [0.15, 0.2) is 48.5 Å². The van der Waals surface area contributed by atoms with Crippen molar-refractivity contribution in [1.82, 2.24) is 15.5 Å². The first kappa shape index (κ1) is 18.7. The van der Waals surface area contributed by atoms with Gasteiger partial charge in [-0.25, -0.2) is 4.39 Å². The number of carbonyl (C=O) groups is 1. The van der Waals surface area contributed by atoms with Crippen LogP contribution in [0.2, 0.25) is 0 Å². The first-order valence-electron chi connectivity index (χ1n) is 8.39. The highest BCUT2D eigenvalue weighted by Gasteiger charge is 2.09. The predicted octanol–water partition coefficient (Wildman–Crippen LogP) is 3.88. The standard InChI is InChI=1S/C20H19FN4OS/c1-12-18(13(2)25-24-12)11-14-3-9-17(10-4-14)22-20(27)23-19(26)15-5-7-16(21)8-6-15/h3-10H,11H2,1-2H3,(H,24,25)(H2,22,23,26,27). The van der Waals surface area contributed by atoms with Crippen molar-refractivity contribution in [1.29, 1.82) is 0 Å². The van der Waals surface area contributed by atoms with Crippen molar-refractivity contribution in [3.8, 4) is 0 Å². The van der Waals surface area contributed by atoms with Crippen molar-refractivity contribution in [2.24, 2.45) is 0 Å². The molecule has 0 atom stereocenters. The molecule has 1 amide bonds. The van der Waals surface area contributed by atoms with E-state index in [9.17, 15) is 9.18 Å². The lowest BCUT2D eigenvalue weighted by Gasteiger charge is -2.10. The van der Waals surface area contributed by atoms with E-state index in [4.69, 9.17) is 12.2 Å². The van der Waals surface area contributed by atoms with Crippen LogP contribution in [0.4, 0.5) is 10.1 Å². The number of nitrogens with one attached hydrogen (secondary N) is 3. The maximum absolute atomic E-state index is 12.9. The Bertz CT molecular complexity index is 945. The number of H-pyrrole nitrogens is 1. The number of aromatic nitrogens is 2. The second-order valence-corrected chi connectivity index (χ2v) is 6.61. The fourth-order valence-electron chi connectivity index (χ4n) is 2.68. The maximum Gasteiger partial charge on any atom is 0.257 e. The molecule has 0 fully saturated rings. The van der Waals surface area contributed by atoms with Gasteiger partial charge in [0.15, 0.2) is 5.11 Å². The van der Waals surface area contributed by atoms with Gasteiger partial charge in [0, 0.05) is 28.9 Å². The van der Waals surface area contributed by atoms with Crippen molar-refractivity contribution >= 4 is 28.9 Å². The van der Waals surface area contributed by atoms with Gasteiger partial charge in [0.1, 0.15) is 5.82 Å². The van der Waals surface area contributed by atoms with Crippen LogP contribution in [0, 0.1) is 19.7 Å². The summed E-state index contributed by atoms with van der Waals surface area (Å²) < 4.78 is 12.9. The molecule has 0 aliphatic rings. The molecular weight excluding hydrogens is 363 g/mol. The van der Waals surface area contributed by atoms with Crippen molar-refractivity contribution in [3.63, 3.8) is 0 Å². The summed E-state index contributed by atoms with van der Waals surface area (Å²) in [6.07, 6.45) is 0.792. The third-order valence-corrected chi connectivity index (χ3v) is 4.41. The highest BCUT2D eigenvalue weighted by Crippen LogP contribution is 2.17. The normalized spacial score (nSPS) is 10.5. The number of nitrogens with zero attached hydrogens (tertiary/aromatic N) is 1. The minimum Gasteiger partial charge on any atom is -0.332 e. The molecule has 3 rings (SSSR count). The monoisotopic (exact) mass is 382 g/mol. The molecular formula is C20H19FN4OS. The largest absolute Gasteiger partial charge is 0.332 e. The Morgan fingerprint density at radius 3 is 2.37 bits per heavy atom. The van der Waals surface area contributed by atoms with Crippen LogP contribution in [-0.4, -0.2) is 21.2 Å². The fourth-order valence-corrected chi connectivity index (χ4v) is 2.89. The lowest BCUT2D eigenvalue weighted by Crippen LogP contribution is -2.34. The molecule has 5 nitrogen and oxygen atoms in total. The average Bonchev–Trinajstić information content (AvgIpc) is 2.95. The van der Waals surface area contributed by atoms with Gasteiger partial charge in [-0.15, -0.1) is 0 Å². The van der Waals surface area contributed by atoms with E-state index < -0.39 is 11.7 Å². The van der Waals surface area contributed by atoms with Gasteiger partial charge < -0.3 is 5.32 Å². The summed E-state index contributed by atoms with van der Waals surface area (Å²) in [5, 5.41) is 12.9. The van der Waals surface area contributed by atoms with E-state index in [1.54, 1.807) is 0 Å². The van der Waals surface area contributed by atoms with Gasteiger partial charge in [-0.05, 0) is 68.0 Å². The van der Waals surface area contributed by atoms with E-state index in [2.05, 4.69) is 20.8 Å². The van der Waals surface area contributed by atoms with E-state index in [1.807, 2.05) is 38.1 Å². The van der Waals surface area contributed by atoms with Gasteiger partial charge in [0.2, 0.25) is 0 Å². The Labute approximate surface area is 162 Å². The molecule has 3 aromatic rings. The number of benzene rings is 2. The number of rotatable bonds is 4. The molecule has 0 radical (unpaired) electrons. The van der Waals surface area contributed by atoms with Gasteiger partial charge in [-0.1, -0.05) is 12.1 Å². The minimum atomic E-state index is -0.395. The zero-order valence-corrected chi connectivity index (χ0v) is 15.8. The van der Waals surface area contributed by atoms with E-state index in [1.165, 1.54) is 29.8 Å². The third-order valence-electron chi connectivity index (χ3n) is 4.21. The molecule has 0 saturated carbocycles. The Morgan fingerprint density at radius 1 is 1.11 bits per heavy atom. The highest BCUT2D eigenvalue weighted by molar-refractivity contribution is 7.80. The van der Waals surface area contributed by atoms with Crippen molar-refractivity contribution < 1.29 is 9.18 Å². The van der Waals surface area contributed by atoms with Crippen molar-refractivity contribution in [2.45, 2.75) is 20.3 Å². The summed E-state index contributed by atoms with van der Waals surface area (Å²) in [5.74, 6) is -0.789. The Morgan fingerprint density at radius 2 is 1.78 bits per heavy atom. The quantitative estimate of drug-likeness (QED) is 0.599. The first-order chi connectivity index (χ1) is 12.9. The SMILES string of the molecule is Cc1n[nH]c(C)c1Cc1ccc(NC(=S)NC(=O)c2ccc(F)cc2)cc1. The van der Waals surface area contributed by atoms with Crippen LogP contribution in [0.1, 0.15) is 32.9 Å². The summed E-state index contributed by atoms with van der Waals surface area (Å²) in [5.41, 5.74) is 5.51. The second kappa shape index (κ2) is 8.09. The number of thiocarbonyl (C=S) groups is 1. The molecule has 27 heavy (non-hydrogen) atoms. The van der Waals surface area contributed by atoms with Crippen molar-refractivity contribution in [3.05, 3.63) is 82.4 Å². The second-order valence-electron chi connectivity index (χ2n) is 6.20. The molecule has 0 aliphatic carbocycles. The summed E-state index contributed by atoms with van der Waals surface area (Å²) in [4.78, 5) is 12.1. The van der Waals surface area contributed by atoms with Gasteiger partial charge in [0.25, 0.3) is 5.91 Å². The number of carbonyl (C=O) groups excluding carboxylic acids is 1. The lowest BCUT2D eigenvalue weighted by molar-refractivity contribution is 0.0977. The first-order valence-corrected chi connectivity index (χ1v) is 8.80. The number of aryl methyl sites for hydroxylation is 2. The Balaban J connectivity index is 1.58. The summed E-state index contributed by atoms with van der Waals surface area (Å²) in [6.45, 7) is 3.99. The van der Waals surface area contributed by atoms with Crippen LogP contribution in [-0.2, 0) is 6.42 Å². The fraction of sp³-hybridized carbons (Fsp3) is 0.150. The van der Waals surface area contributed by atoms with Crippen LogP contribution >= 0.6 is 12.2 Å². The van der Waals surface area contributed by atoms with Gasteiger partial charge in [-0.3, -0.25) is 15.2 Å². The summed E-state index contributed by atoms with van der Waals surface area (Å²) in [7, 11) is 0. The number of amides is 1. The number of hydrogen-bond donors (Lipinski definition) is 3. The molecule has 138 valence electrons. The summed E-state index contributed by atoms with van der Waals surface area (Å²) in [6, 6.07) is 13.1. The third kappa shape index (κ3) is 4.77. The smallest absolute Gasteiger partial charge is 0.257 e. The van der Waals surface area contributed by atoms with E-state index in [-0.39, 0.29) is 5.11 Å². The molecule has 1 aromatic heterocycles. The lowest BCUT2D eigenvalue weighted by atomic mass is 10.0. The number of hydrogen-bond acceptors (Lipinski definition) is 3. The average molecular weight is 382 g/mol. The number of aromatic amines is 1. The molecule has 1 heterocycles. The summed E-state index contributed by atoms with van der Waals surface area (Å²) >= 11 is 5.17. The van der Waals surface area contributed by atoms with Gasteiger partial charge in [-0.2, -0.15) is 5.10 Å². The maximum atomic E-state index is 12.9. The minimum absolute atomic E-state index is 0.179. The topological polar surface area (TPSA) is 69.8 Å². The van der Waals surface area contributed by atoms with E-state index in [0.717, 1.165) is 29.1 Å². The predicted molar refractivity (Wildman–Crippen MR) is 107 cm³/mol. The van der Waals surface area contributed by atoms with Gasteiger partial charge >= 0.3 is 0 Å². The van der Waals surface area contributed by atoms with E-state index in [0.29, 0.717) is 5.56 Å². The van der Waals surface area contributed by atoms with E-state index >= 15 is 0 Å². The molecule has 0 aliphatic heterocycles. The molecule has 0 unspecified atom stereocenters. The Kier molecular flexibility index (Phi) is 5.61. The van der Waals surface area contributed by atoms with Crippen LogP contribution < -0.4 is 10.6 Å². The molecule has 7 heteroatoms. The highest BCUT2D eigenvalue weighted by atomic mass is 32.1. The molecule has 2 aromatic carbocycles. The van der Waals surface area contributed by atoms with Crippen LogP contribution in [0.5, 0.6) is 0 Å². The van der Waals surface area contributed by atoms with Crippen LogP contribution in [0.25, 0.3) is 0 Å².